The van der Waals surface area contributed by atoms with Gasteiger partial charge in [-0.25, -0.2) is 9.59 Å². The van der Waals surface area contributed by atoms with E-state index in [1.165, 1.54) is 6.07 Å². The zero-order chi connectivity index (χ0) is 18.4. The second-order valence-corrected chi connectivity index (χ2v) is 6.06. The first kappa shape index (κ1) is 18.8. The highest BCUT2D eigenvalue weighted by molar-refractivity contribution is 6.31. The van der Waals surface area contributed by atoms with Gasteiger partial charge in [0.1, 0.15) is 11.5 Å². The van der Waals surface area contributed by atoms with Gasteiger partial charge in [0.2, 0.25) is 0 Å². The molecule has 0 atom stereocenters. The molecule has 0 N–H and O–H groups in total. The molecule has 0 heterocycles. The maximum absolute atomic E-state index is 11.9. The van der Waals surface area contributed by atoms with Gasteiger partial charge in [0, 0.05) is 5.02 Å². The first-order valence-corrected chi connectivity index (χ1v) is 8.13. The summed E-state index contributed by atoms with van der Waals surface area (Å²) in [5.41, 5.74) is 1.16. The summed E-state index contributed by atoms with van der Waals surface area (Å²) in [7, 11) is 0. The van der Waals surface area contributed by atoms with Crippen molar-refractivity contribution in [1.82, 2.24) is 0 Å². The van der Waals surface area contributed by atoms with Gasteiger partial charge >= 0.3 is 11.9 Å². The lowest BCUT2D eigenvalue weighted by molar-refractivity contribution is -0.136. The second kappa shape index (κ2) is 8.53. The predicted molar refractivity (Wildman–Crippen MR) is 94.3 cm³/mol. The molecule has 0 saturated carbocycles. The van der Waals surface area contributed by atoms with E-state index in [1.807, 2.05) is 6.92 Å². The molecular weight excluding hydrogens is 344 g/mol. The van der Waals surface area contributed by atoms with Gasteiger partial charge in [-0.15, -0.1) is 0 Å². The van der Waals surface area contributed by atoms with Crippen LogP contribution in [0.4, 0.5) is 0 Å². The van der Waals surface area contributed by atoms with E-state index in [0.29, 0.717) is 16.3 Å². The highest BCUT2D eigenvalue weighted by Crippen LogP contribution is 2.21. The van der Waals surface area contributed by atoms with Crippen molar-refractivity contribution in [2.75, 3.05) is 6.61 Å². The normalized spacial score (nSPS) is 10.4. The van der Waals surface area contributed by atoms with Crippen LogP contribution in [0.25, 0.3) is 0 Å². The van der Waals surface area contributed by atoms with Gasteiger partial charge in [-0.2, -0.15) is 0 Å². The molecule has 132 valence electrons. The Bertz CT molecular complexity index is 770. The average molecular weight is 363 g/mol. The van der Waals surface area contributed by atoms with Gasteiger partial charge in [0.25, 0.3) is 0 Å². The standard InChI is InChI=1S/C19H19ClO5/c1-12(2)24-19(22)14-5-4-6-16(10-14)25-18(21)11-23-15-7-8-17(20)13(3)9-15/h4-10,12H,11H2,1-3H3. The first-order valence-electron chi connectivity index (χ1n) is 7.76. The highest BCUT2D eigenvalue weighted by atomic mass is 35.5. The van der Waals surface area contributed by atoms with Crippen molar-refractivity contribution in [1.29, 1.82) is 0 Å². The molecule has 0 saturated heterocycles. The largest absolute Gasteiger partial charge is 0.482 e. The van der Waals surface area contributed by atoms with Crippen molar-refractivity contribution in [2.45, 2.75) is 26.9 Å². The molecule has 2 aromatic carbocycles. The van der Waals surface area contributed by atoms with Crippen molar-refractivity contribution in [3.63, 3.8) is 0 Å². The summed E-state index contributed by atoms with van der Waals surface area (Å²) in [6.45, 7) is 5.10. The molecule has 0 spiro atoms. The lowest BCUT2D eigenvalue weighted by Crippen LogP contribution is -2.18. The van der Waals surface area contributed by atoms with Crippen LogP contribution in [0, 0.1) is 6.92 Å². The molecule has 0 radical (unpaired) electrons. The quantitative estimate of drug-likeness (QED) is 0.569. The summed E-state index contributed by atoms with van der Waals surface area (Å²) in [4.78, 5) is 23.8. The molecule has 0 bridgehead atoms. The van der Waals surface area contributed by atoms with Crippen LogP contribution in [0.2, 0.25) is 5.02 Å². The van der Waals surface area contributed by atoms with E-state index in [2.05, 4.69) is 0 Å². The number of rotatable bonds is 6. The van der Waals surface area contributed by atoms with Crippen LogP contribution in [-0.4, -0.2) is 24.6 Å². The molecule has 5 nitrogen and oxygen atoms in total. The smallest absolute Gasteiger partial charge is 0.349 e. The minimum absolute atomic E-state index is 0.227. The van der Waals surface area contributed by atoms with Crippen molar-refractivity contribution < 1.29 is 23.8 Å². The Morgan fingerprint density at radius 2 is 1.84 bits per heavy atom. The van der Waals surface area contributed by atoms with E-state index in [0.717, 1.165) is 5.56 Å². The maximum Gasteiger partial charge on any atom is 0.349 e. The van der Waals surface area contributed by atoms with E-state index >= 15 is 0 Å². The van der Waals surface area contributed by atoms with E-state index in [-0.39, 0.29) is 18.5 Å². The van der Waals surface area contributed by atoms with Crippen LogP contribution in [0.15, 0.2) is 42.5 Å². The number of esters is 2. The molecule has 0 unspecified atom stereocenters. The van der Waals surface area contributed by atoms with Gasteiger partial charge in [-0.05, 0) is 62.7 Å². The van der Waals surface area contributed by atoms with Crippen molar-refractivity contribution in [2.24, 2.45) is 0 Å². The van der Waals surface area contributed by atoms with Gasteiger partial charge < -0.3 is 14.2 Å². The Kier molecular flexibility index (Phi) is 6.42. The average Bonchev–Trinajstić information content (AvgIpc) is 2.55. The molecule has 0 aliphatic rings. The van der Waals surface area contributed by atoms with Crippen LogP contribution in [0.3, 0.4) is 0 Å². The van der Waals surface area contributed by atoms with Gasteiger partial charge in [-0.1, -0.05) is 17.7 Å². The molecule has 0 aromatic heterocycles. The molecule has 6 heteroatoms. The molecule has 2 rings (SSSR count). The highest BCUT2D eigenvalue weighted by Gasteiger charge is 2.12. The molecule has 0 fully saturated rings. The fourth-order valence-electron chi connectivity index (χ4n) is 1.98. The van der Waals surface area contributed by atoms with Crippen molar-refractivity contribution in [3.8, 4) is 11.5 Å². The molecule has 2 aromatic rings. The van der Waals surface area contributed by atoms with Gasteiger partial charge in [-0.3, -0.25) is 0 Å². The summed E-state index contributed by atoms with van der Waals surface area (Å²) in [6, 6.07) is 11.3. The summed E-state index contributed by atoms with van der Waals surface area (Å²) >= 11 is 5.94. The molecule has 25 heavy (non-hydrogen) atoms. The van der Waals surface area contributed by atoms with Gasteiger partial charge in [0.05, 0.1) is 11.7 Å². The first-order chi connectivity index (χ1) is 11.8. The van der Waals surface area contributed by atoms with Crippen LogP contribution < -0.4 is 9.47 Å². The third-order valence-electron chi connectivity index (χ3n) is 3.13. The summed E-state index contributed by atoms with van der Waals surface area (Å²) in [5, 5.41) is 0.625. The number of ether oxygens (including phenoxy) is 3. The minimum atomic E-state index is -0.582. The monoisotopic (exact) mass is 362 g/mol. The van der Waals surface area contributed by atoms with E-state index in [4.69, 9.17) is 25.8 Å². The number of aryl methyl sites for hydroxylation is 1. The summed E-state index contributed by atoms with van der Waals surface area (Å²) < 4.78 is 15.7. The molecule has 0 aliphatic carbocycles. The zero-order valence-corrected chi connectivity index (χ0v) is 15.0. The number of benzene rings is 2. The maximum atomic E-state index is 11.9. The third-order valence-corrected chi connectivity index (χ3v) is 3.55. The number of hydrogen-bond donors (Lipinski definition) is 0. The van der Waals surface area contributed by atoms with Gasteiger partial charge in [0.15, 0.2) is 6.61 Å². The zero-order valence-electron chi connectivity index (χ0n) is 14.2. The number of halogens is 1. The number of hydrogen-bond acceptors (Lipinski definition) is 5. The topological polar surface area (TPSA) is 61.8 Å². The molecule has 0 amide bonds. The summed E-state index contributed by atoms with van der Waals surface area (Å²) in [6.07, 6.45) is -0.227. The lowest BCUT2D eigenvalue weighted by atomic mass is 10.2. The number of carbonyl (C=O) groups is 2. The Balaban J connectivity index is 1.93. The molecular formula is C19H19ClO5. The fraction of sp³-hybridized carbons (Fsp3) is 0.263. The Labute approximate surface area is 151 Å². The number of carbonyl (C=O) groups excluding carboxylic acids is 2. The van der Waals surface area contributed by atoms with Crippen molar-refractivity contribution >= 4 is 23.5 Å². The fourth-order valence-corrected chi connectivity index (χ4v) is 2.10. The molecule has 0 aliphatic heterocycles. The van der Waals surface area contributed by atoms with E-state index in [1.54, 1.807) is 50.2 Å². The van der Waals surface area contributed by atoms with Crippen LogP contribution >= 0.6 is 11.6 Å². The Hall–Kier alpha value is -2.53. The predicted octanol–water partition coefficient (Wildman–Crippen LogP) is 4.20. The van der Waals surface area contributed by atoms with E-state index in [9.17, 15) is 9.59 Å². The SMILES string of the molecule is Cc1cc(OCC(=O)Oc2cccc(C(=O)OC(C)C)c2)ccc1Cl. The van der Waals surface area contributed by atoms with E-state index < -0.39 is 11.9 Å². The van der Waals surface area contributed by atoms with Crippen molar-refractivity contribution in [3.05, 3.63) is 58.6 Å². The van der Waals surface area contributed by atoms with Crippen LogP contribution in [-0.2, 0) is 9.53 Å². The lowest BCUT2D eigenvalue weighted by Gasteiger charge is -2.10. The van der Waals surface area contributed by atoms with Crippen LogP contribution in [0.5, 0.6) is 11.5 Å². The summed E-state index contributed by atoms with van der Waals surface area (Å²) in [5.74, 6) is -0.282. The second-order valence-electron chi connectivity index (χ2n) is 5.66. The Morgan fingerprint density at radius 1 is 1.08 bits per heavy atom. The third kappa shape index (κ3) is 5.80. The van der Waals surface area contributed by atoms with Crippen LogP contribution in [0.1, 0.15) is 29.8 Å². The minimum Gasteiger partial charge on any atom is -0.482 e. The Morgan fingerprint density at radius 3 is 2.52 bits per heavy atom.